The zero-order valence-corrected chi connectivity index (χ0v) is 16.3. The second kappa shape index (κ2) is 7.02. The maximum atomic E-state index is 12.7. The van der Waals surface area contributed by atoms with E-state index < -0.39 is 11.1 Å². The van der Waals surface area contributed by atoms with Gasteiger partial charge in [-0.1, -0.05) is 29.8 Å². The first-order valence-corrected chi connectivity index (χ1v) is 9.61. The summed E-state index contributed by atoms with van der Waals surface area (Å²) in [6.45, 7) is 4.98. The largest absolute Gasteiger partial charge is 0.368 e. The van der Waals surface area contributed by atoms with Gasteiger partial charge in [0.05, 0.1) is 17.8 Å². The molecule has 6 nitrogen and oxygen atoms in total. The lowest BCUT2D eigenvalue weighted by Crippen LogP contribution is -2.77. The summed E-state index contributed by atoms with van der Waals surface area (Å²) in [6, 6.07) is 11.8. The second-order valence-electron chi connectivity index (χ2n) is 7.94. The summed E-state index contributed by atoms with van der Waals surface area (Å²) in [4.78, 5) is 30.4. The molecule has 2 aliphatic rings. The molecule has 6 heteroatoms. The molecular formula is C22H25N3O3. The van der Waals surface area contributed by atoms with Crippen LogP contribution in [0.5, 0.6) is 0 Å². The molecule has 1 saturated heterocycles. The van der Waals surface area contributed by atoms with Crippen molar-refractivity contribution in [2.24, 2.45) is 0 Å². The van der Waals surface area contributed by atoms with E-state index in [0.717, 1.165) is 18.4 Å². The number of aryl methyl sites for hydroxylation is 1. The van der Waals surface area contributed by atoms with Crippen LogP contribution in [0.4, 0.5) is 0 Å². The lowest BCUT2D eigenvalue weighted by molar-refractivity contribution is -0.135. The van der Waals surface area contributed by atoms with Gasteiger partial charge in [-0.3, -0.25) is 14.6 Å². The lowest BCUT2D eigenvalue weighted by Gasteiger charge is -2.54. The fraction of sp³-hybridized carbons (Fsp3) is 0.409. The number of carbonyl (C=O) groups excluding carboxylic acids is 2. The van der Waals surface area contributed by atoms with Crippen LogP contribution in [0.3, 0.4) is 0 Å². The summed E-state index contributed by atoms with van der Waals surface area (Å²) in [5, 5.41) is 3.11. The Hall–Kier alpha value is -2.73. The molecule has 4 rings (SSSR count). The minimum atomic E-state index is -0.527. The Kier molecular flexibility index (Phi) is 4.67. The van der Waals surface area contributed by atoms with E-state index in [1.165, 1.54) is 12.5 Å². The first-order chi connectivity index (χ1) is 13.4. The van der Waals surface area contributed by atoms with Crippen LogP contribution >= 0.6 is 0 Å². The van der Waals surface area contributed by atoms with Gasteiger partial charge < -0.3 is 15.0 Å². The molecule has 2 fully saturated rings. The van der Waals surface area contributed by atoms with Gasteiger partial charge in [-0.05, 0) is 37.5 Å². The van der Waals surface area contributed by atoms with E-state index in [-0.39, 0.29) is 11.8 Å². The van der Waals surface area contributed by atoms with Crippen LogP contribution in [0, 0.1) is 6.92 Å². The van der Waals surface area contributed by atoms with Crippen molar-refractivity contribution in [3.05, 3.63) is 65.5 Å². The number of hydrogen-bond acceptors (Lipinski definition) is 4. The van der Waals surface area contributed by atoms with Crippen LogP contribution < -0.4 is 5.32 Å². The fourth-order valence-corrected chi connectivity index (χ4v) is 4.14. The Morgan fingerprint density at radius 2 is 2.00 bits per heavy atom. The van der Waals surface area contributed by atoms with Crippen molar-refractivity contribution in [2.45, 2.75) is 44.4 Å². The molecule has 0 spiro atoms. The maximum Gasteiger partial charge on any atom is 0.255 e. The molecule has 1 N–H and O–H groups in total. The third-order valence-electron chi connectivity index (χ3n) is 5.71. The monoisotopic (exact) mass is 379 g/mol. The molecule has 28 heavy (non-hydrogen) atoms. The Labute approximate surface area is 164 Å². The molecule has 1 aliphatic heterocycles. The van der Waals surface area contributed by atoms with Crippen molar-refractivity contribution in [3.63, 3.8) is 0 Å². The minimum absolute atomic E-state index is 0.0661. The van der Waals surface area contributed by atoms with Crippen molar-refractivity contribution in [1.29, 1.82) is 0 Å². The third kappa shape index (κ3) is 3.40. The van der Waals surface area contributed by atoms with E-state index in [1.54, 1.807) is 29.4 Å². The first kappa shape index (κ1) is 18.6. The highest BCUT2D eigenvalue weighted by molar-refractivity contribution is 5.95. The highest BCUT2D eigenvalue weighted by Crippen LogP contribution is 2.52. The number of pyridine rings is 1. The summed E-state index contributed by atoms with van der Waals surface area (Å²) in [5.41, 5.74) is 1.94. The average molecular weight is 379 g/mol. The Balaban J connectivity index is 1.48. The number of carbonyl (C=O) groups is 2. The van der Waals surface area contributed by atoms with Gasteiger partial charge in [0.15, 0.2) is 0 Å². The normalized spacial score (nSPS) is 18.9. The number of hydrogen-bond donors (Lipinski definition) is 1. The van der Waals surface area contributed by atoms with Gasteiger partial charge in [0.1, 0.15) is 5.54 Å². The van der Waals surface area contributed by atoms with Crippen LogP contribution in [-0.4, -0.2) is 45.9 Å². The van der Waals surface area contributed by atoms with Crippen LogP contribution in [-0.2, 0) is 16.1 Å². The van der Waals surface area contributed by atoms with Crippen molar-refractivity contribution >= 4 is 11.8 Å². The Morgan fingerprint density at radius 1 is 1.21 bits per heavy atom. The minimum Gasteiger partial charge on any atom is -0.368 e. The number of likely N-dealkylation sites (tertiary alicyclic amines) is 1. The smallest absolute Gasteiger partial charge is 0.255 e. The van der Waals surface area contributed by atoms with E-state index in [2.05, 4.69) is 29.4 Å². The number of nitrogens with zero attached hydrogens (tertiary/aromatic N) is 2. The van der Waals surface area contributed by atoms with Crippen molar-refractivity contribution in [2.75, 3.05) is 13.1 Å². The zero-order chi connectivity index (χ0) is 19.8. The van der Waals surface area contributed by atoms with E-state index >= 15 is 0 Å². The predicted octanol–water partition coefficient (Wildman–Crippen LogP) is 2.47. The Morgan fingerprint density at radius 3 is 2.61 bits per heavy atom. The topological polar surface area (TPSA) is 71.5 Å². The summed E-state index contributed by atoms with van der Waals surface area (Å²) >= 11 is 0. The standard InChI is InChI=1S/C22H25N3O3/c1-16-5-3-6-18(11-16)13-28-22(8-9-22)21(24-17(2)26)14-25(15-21)20(27)19-7-4-10-23-12-19/h3-7,10-12H,8-9,13-15H2,1-2H3,(H,24,26). The molecule has 1 aromatic heterocycles. The first-order valence-electron chi connectivity index (χ1n) is 9.61. The van der Waals surface area contributed by atoms with Gasteiger partial charge in [0.2, 0.25) is 5.91 Å². The maximum absolute atomic E-state index is 12.7. The summed E-state index contributed by atoms with van der Waals surface area (Å²) in [5.74, 6) is -0.164. The molecule has 146 valence electrons. The molecule has 0 bridgehead atoms. The van der Waals surface area contributed by atoms with Gasteiger partial charge in [-0.2, -0.15) is 0 Å². The molecule has 1 aromatic carbocycles. The average Bonchev–Trinajstić information content (AvgIpc) is 3.44. The molecule has 0 radical (unpaired) electrons. The molecule has 1 saturated carbocycles. The van der Waals surface area contributed by atoms with Crippen LogP contribution in [0.25, 0.3) is 0 Å². The van der Waals surface area contributed by atoms with E-state index in [0.29, 0.717) is 25.3 Å². The number of ether oxygens (including phenoxy) is 1. The summed E-state index contributed by atoms with van der Waals surface area (Å²) in [7, 11) is 0. The van der Waals surface area contributed by atoms with Gasteiger partial charge in [0.25, 0.3) is 5.91 Å². The van der Waals surface area contributed by atoms with Crippen molar-refractivity contribution < 1.29 is 14.3 Å². The number of aromatic nitrogens is 1. The van der Waals surface area contributed by atoms with Gasteiger partial charge in [-0.25, -0.2) is 0 Å². The van der Waals surface area contributed by atoms with E-state index in [4.69, 9.17) is 4.74 Å². The quantitative estimate of drug-likeness (QED) is 0.837. The lowest BCUT2D eigenvalue weighted by atomic mass is 9.80. The number of rotatable bonds is 6. The zero-order valence-electron chi connectivity index (χ0n) is 16.3. The van der Waals surface area contributed by atoms with E-state index in [9.17, 15) is 9.59 Å². The number of amides is 2. The molecule has 2 aromatic rings. The van der Waals surface area contributed by atoms with Gasteiger partial charge in [-0.15, -0.1) is 0 Å². The third-order valence-corrected chi connectivity index (χ3v) is 5.71. The second-order valence-corrected chi connectivity index (χ2v) is 7.94. The van der Waals surface area contributed by atoms with Gasteiger partial charge >= 0.3 is 0 Å². The molecule has 1 aliphatic carbocycles. The van der Waals surface area contributed by atoms with Gasteiger partial charge in [0, 0.05) is 32.4 Å². The predicted molar refractivity (Wildman–Crippen MR) is 105 cm³/mol. The summed E-state index contributed by atoms with van der Waals surface area (Å²) < 4.78 is 6.36. The van der Waals surface area contributed by atoms with E-state index in [1.807, 2.05) is 12.1 Å². The van der Waals surface area contributed by atoms with Crippen LogP contribution in [0.2, 0.25) is 0 Å². The van der Waals surface area contributed by atoms with Crippen LogP contribution in [0.15, 0.2) is 48.8 Å². The molecular weight excluding hydrogens is 354 g/mol. The van der Waals surface area contributed by atoms with Crippen LogP contribution in [0.1, 0.15) is 41.3 Å². The summed E-state index contributed by atoms with van der Waals surface area (Å²) in [6.07, 6.45) is 4.98. The molecule has 2 amide bonds. The highest BCUT2D eigenvalue weighted by atomic mass is 16.5. The number of nitrogens with one attached hydrogen (secondary N) is 1. The molecule has 2 heterocycles. The van der Waals surface area contributed by atoms with Crippen molar-refractivity contribution in [1.82, 2.24) is 15.2 Å². The molecule has 0 atom stereocenters. The fourth-order valence-electron chi connectivity index (χ4n) is 4.14. The highest BCUT2D eigenvalue weighted by Gasteiger charge is 2.66. The van der Waals surface area contributed by atoms with Crippen molar-refractivity contribution in [3.8, 4) is 0 Å². The number of benzene rings is 1. The molecule has 0 unspecified atom stereocenters. The Bertz CT molecular complexity index is 887. The SMILES string of the molecule is CC(=O)NC1(C2(OCc3cccc(C)c3)CC2)CN(C(=O)c2cccnc2)C1.